The van der Waals surface area contributed by atoms with Crippen LogP contribution in [0.25, 0.3) is 0 Å². The monoisotopic (exact) mass is 221 g/mol. The summed E-state index contributed by atoms with van der Waals surface area (Å²) in [6.45, 7) is 1.91. The van der Waals surface area contributed by atoms with E-state index in [1.807, 2.05) is 13.0 Å². The molecular weight excluding hydrogens is 206 g/mol. The minimum Gasteiger partial charge on any atom is -0.508 e. The Bertz CT molecular complexity index is 405. The van der Waals surface area contributed by atoms with Gasteiger partial charge in [0, 0.05) is 6.04 Å². The van der Waals surface area contributed by atoms with Crippen LogP contribution in [0.3, 0.4) is 0 Å². The number of benzene rings is 1. The molecular formula is C12H15NO3. The van der Waals surface area contributed by atoms with Crippen molar-refractivity contribution < 1.29 is 15.0 Å². The van der Waals surface area contributed by atoms with Crippen molar-refractivity contribution in [1.29, 1.82) is 0 Å². The largest absolute Gasteiger partial charge is 0.508 e. The second kappa shape index (κ2) is 4.04. The number of aromatic hydroxyl groups is 1. The second-order valence-corrected chi connectivity index (χ2v) is 4.23. The van der Waals surface area contributed by atoms with Gasteiger partial charge in [-0.2, -0.15) is 0 Å². The number of phenols is 1. The van der Waals surface area contributed by atoms with E-state index in [0.29, 0.717) is 0 Å². The molecule has 16 heavy (non-hydrogen) atoms. The lowest BCUT2D eigenvalue weighted by molar-refractivity contribution is 0.125. The van der Waals surface area contributed by atoms with Crippen LogP contribution in [0.1, 0.15) is 31.4 Å². The number of amides is 1. The van der Waals surface area contributed by atoms with E-state index in [2.05, 4.69) is 0 Å². The summed E-state index contributed by atoms with van der Waals surface area (Å²) in [6.07, 6.45) is 0.794. The highest BCUT2D eigenvalue weighted by molar-refractivity contribution is 5.66. The zero-order valence-electron chi connectivity index (χ0n) is 9.13. The van der Waals surface area contributed by atoms with Crippen LogP contribution in [0.2, 0.25) is 0 Å². The topological polar surface area (TPSA) is 60.8 Å². The molecule has 1 unspecified atom stereocenters. The molecule has 2 N–H and O–H groups in total. The molecule has 1 aliphatic heterocycles. The Kier molecular flexibility index (Phi) is 2.73. The van der Waals surface area contributed by atoms with Crippen molar-refractivity contribution in [3.63, 3.8) is 0 Å². The van der Waals surface area contributed by atoms with E-state index in [1.165, 1.54) is 4.90 Å². The van der Waals surface area contributed by atoms with Crippen LogP contribution in [0.4, 0.5) is 4.79 Å². The predicted molar refractivity (Wildman–Crippen MR) is 59.4 cm³/mol. The minimum absolute atomic E-state index is 0.0462. The van der Waals surface area contributed by atoms with Gasteiger partial charge in [-0.25, -0.2) is 4.79 Å². The van der Waals surface area contributed by atoms with E-state index in [1.54, 1.807) is 18.2 Å². The third kappa shape index (κ3) is 1.83. The summed E-state index contributed by atoms with van der Waals surface area (Å²) in [5.74, 6) is 0.183. The van der Waals surface area contributed by atoms with Crippen LogP contribution < -0.4 is 0 Å². The van der Waals surface area contributed by atoms with Crippen LogP contribution in [0.15, 0.2) is 24.3 Å². The molecule has 0 saturated carbocycles. The van der Waals surface area contributed by atoms with Crippen molar-refractivity contribution in [2.24, 2.45) is 0 Å². The highest BCUT2D eigenvalue weighted by Gasteiger charge is 2.35. The molecule has 4 nitrogen and oxygen atoms in total. The van der Waals surface area contributed by atoms with Gasteiger partial charge in [-0.15, -0.1) is 0 Å². The molecule has 0 spiro atoms. The lowest BCUT2D eigenvalue weighted by atomic mass is 10.0. The molecule has 1 aliphatic rings. The van der Waals surface area contributed by atoms with Crippen molar-refractivity contribution >= 4 is 6.09 Å². The molecule has 0 aromatic heterocycles. The van der Waals surface area contributed by atoms with E-state index >= 15 is 0 Å². The van der Waals surface area contributed by atoms with Crippen molar-refractivity contribution in [3.8, 4) is 5.75 Å². The Morgan fingerprint density at radius 2 is 2.19 bits per heavy atom. The normalized spacial score (nSPS) is 24.7. The van der Waals surface area contributed by atoms with Crippen LogP contribution >= 0.6 is 0 Å². The molecule has 0 radical (unpaired) electrons. The summed E-state index contributed by atoms with van der Waals surface area (Å²) in [4.78, 5) is 12.6. The number of hydrogen-bond acceptors (Lipinski definition) is 2. The molecule has 2 rings (SSSR count). The first-order valence-electron chi connectivity index (χ1n) is 5.40. The van der Waals surface area contributed by atoms with Gasteiger partial charge in [-0.1, -0.05) is 12.1 Å². The zero-order chi connectivity index (χ0) is 11.7. The Morgan fingerprint density at radius 3 is 2.81 bits per heavy atom. The van der Waals surface area contributed by atoms with Crippen molar-refractivity contribution in [2.75, 3.05) is 0 Å². The zero-order valence-corrected chi connectivity index (χ0v) is 9.13. The Hall–Kier alpha value is -1.71. The van der Waals surface area contributed by atoms with Crippen LogP contribution in [-0.4, -0.2) is 27.2 Å². The summed E-state index contributed by atoms with van der Waals surface area (Å²) in [5, 5.41) is 18.5. The van der Waals surface area contributed by atoms with E-state index in [0.717, 1.165) is 18.4 Å². The van der Waals surface area contributed by atoms with Crippen molar-refractivity contribution in [1.82, 2.24) is 4.90 Å². The van der Waals surface area contributed by atoms with Gasteiger partial charge in [0.25, 0.3) is 0 Å². The number of rotatable bonds is 1. The quantitative estimate of drug-likeness (QED) is 0.766. The SMILES string of the molecule is CC1CC[C@H](c2cccc(O)c2)N1C(=O)O. The lowest BCUT2D eigenvalue weighted by Gasteiger charge is -2.25. The van der Waals surface area contributed by atoms with Gasteiger partial charge in [0.1, 0.15) is 5.75 Å². The third-order valence-corrected chi connectivity index (χ3v) is 3.14. The maximum absolute atomic E-state index is 11.1. The molecule has 1 aromatic rings. The molecule has 4 heteroatoms. The number of hydrogen-bond donors (Lipinski definition) is 2. The van der Waals surface area contributed by atoms with Crippen molar-refractivity contribution in [3.05, 3.63) is 29.8 Å². The summed E-state index contributed by atoms with van der Waals surface area (Å²) >= 11 is 0. The molecule has 86 valence electrons. The fourth-order valence-electron chi connectivity index (χ4n) is 2.37. The van der Waals surface area contributed by atoms with Crippen LogP contribution in [0, 0.1) is 0 Å². The molecule has 1 fully saturated rings. The first-order valence-corrected chi connectivity index (χ1v) is 5.40. The van der Waals surface area contributed by atoms with Crippen LogP contribution in [0.5, 0.6) is 5.75 Å². The summed E-state index contributed by atoms with van der Waals surface area (Å²) in [7, 11) is 0. The van der Waals surface area contributed by atoms with E-state index < -0.39 is 6.09 Å². The van der Waals surface area contributed by atoms with E-state index in [9.17, 15) is 9.90 Å². The van der Waals surface area contributed by atoms with Gasteiger partial charge < -0.3 is 10.2 Å². The summed E-state index contributed by atoms with van der Waals surface area (Å²) in [5.41, 5.74) is 0.867. The average molecular weight is 221 g/mol. The first kappa shape index (κ1) is 10.8. The van der Waals surface area contributed by atoms with E-state index in [-0.39, 0.29) is 17.8 Å². The average Bonchev–Trinajstić information content (AvgIpc) is 2.60. The first-order chi connectivity index (χ1) is 7.59. The fourth-order valence-corrected chi connectivity index (χ4v) is 2.37. The fraction of sp³-hybridized carbons (Fsp3) is 0.417. The minimum atomic E-state index is -0.890. The van der Waals surface area contributed by atoms with Gasteiger partial charge in [-0.3, -0.25) is 4.90 Å². The summed E-state index contributed by atoms with van der Waals surface area (Å²) in [6, 6.07) is 6.75. The lowest BCUT2D eigenvalue weighted by Crippen LogP contribution is -2.34. The predicted octanol–water partition coefficient (Wildman–Crippen LogP) is 2.60. The van der Waals surface area contributed by atoms with Crippen LogP contribution in [-0.2, 0) is 0 Å². The van der Waals surface area contributed by atoms with Crippen molar-refractivity contribution in [2.45, 2.75) is 31.8 Å². The molecule has 2 atom stereocenters. The molecule has 1 heterocycles. The molecule has 0 bridgehead atoms. The number of nitrogens with zero attached hydrogens (tertiary/aromatic N) is 1. The Morgan fingerprint density at radius 1 is 1.44 bits per heavy atom. The van der Waals surface area contributed by atoms with Gasteiger partial charge in [0.2, 0.25) is 0 Å². The molecule has 1 aromatic carbocycles. The highest BCUT2D eigenvalue weighted by Crippen LogP contribution is 2.36. The number of phenolic OH excluding ortho intramolecular Hbond substituents is 1. The Balaban J connectivity index is 2.30. The highest BCUT2D eigenvalue weighted by atomic mass is 16.4. The Labute approximate surface area is 94.1 Å². The third-order valence-electron chi connectivity index (χ3n) is 3.14. The number of carboxylic acid groups (broad SMARTS) is 1. The maximum atomic E-state index is 11.1. The van der Waals surface area contributed by atoms with E-state index in [4.69, 9.17) is 5.11 Å². The summed E-state index contributed by atoms with van der Waals surface area (Å²) < 4.78 is 0. The van der Waals surface area contributed by atoms with Gasteiger partial charge in [-0.05, 0) is 37.5 Å². The second-order valence-electron chi connectivity index (χ2n) is 4.23. The smallest absolute Gasteiger partial charge is 0.408 e. The van der Waals surface area contributed by atoms with Gasteiger partial charge >= 0.3 is 6.09 Å². The molecule has 1 amide bonds. The van der Waals surface area contributed by atoms with Gasteiger partial charge in [0.15, 0.2) is 0 Å². The molecule has 0 aliphatic carbocycles. The maximum Gasteiger partial charge on any atom is 0.408 e. The number of likely N-dealkylation sites (tertiary alicyclic amines) is 1. The molecule has 1 saturated heterocycles. The van der Waals surface area contributed by atoms with Gasteiger partial charge in [0.05, 0.1) is 6.04 Å². The standard InChI is InChI=1S/C12H15NO3/c1-8-5-6-11(13(8)12(15)16)9-3-2-4-10(14)7-9/h2-4,7-8,11,14H,5-6H2,1H3,(H,15,16)/t8?,11-/m1/s1. The number of carbonyl (C=O) groups is 1.